The van der Waals surface area contributed by atoms with Crippen LogP contribution in [0.15, 0.2) is 0 Å². The molecule has 0 saturated heterocycles. The molecule has 0 amide bonds. The van der Waals surface area contributed by atoms with E-state index in [1.807, 2.05) is 0 Å². The van der Waals surface area contributed by atoms with Crippen molar-refractivity contribution in [2.75, 3.05) is 20.1 Å². The average Bonchev–Trinajstić information content (AvgIpc) is 2.23. The highest BCUT2D eigenvalue weighted by molar-refractivity contribution is 4.77. The molecule has 1 N–H and O–H groups in total. The topological polar surface area (TPSA) is 15.3 Å². The molecule has 0 saturated carbocycles. The molecule has 17 heavy (non-hydrogen) atoms. The van der Waals surface area contributed by atoms with E-state index in [0.717, 1.165) is 6.54 Å². The maximum atomic E-state index is 3.55. The monoisotopic (exact) mass is 242 g/mol. The van der Waals surface area contributed by atoms with Crippen molar-refractivity contribution in [3.8, 4) is 0 Å². The van der Waals surface area contributed by atoms with Crippen molar-refractivity contribution in [1.82, 2.24) is 10.2 Å². The third-order valence-corrected chi connectivity index (χ3v) is 3.81. The van der Waals surface area contributed by atoms with Gasteiger partial charge in [0.1, 0.15) is 0 Å². The number of nitrogens with zero attached hydrogens (tertiary/aromatic N) is 1. The van der Waals surface area contributed by atoms with E-state index in [0.29, 0.717) is 17.5 Å². The van der Waals surface area contributed by atoms with Crippen LogP contribution in [0.5, 0.6) is 0 Å². The highest BCUT2D eigenvalue weighted by atomic mass is 15.1. The van der Waals surface area contributed by atoms with Crippen molar-refractivity contribution in [2.45, 2.75) is 72.9 Å². The summed E-state index contributed by atoms with van der Waals surface area (Å²) in [4.78, 5) is 2.49. The third-order valence-electron chi connectivity index (χ3n) is 3.81. The van der Waals surface area contributed by atoms with Crippen LogP contribution in [0.4, 0.5) is 0 Å². The van der Waals surface area contributed by atoms with Crippen molar-refractivity contribution in [3.05, 3.63) is 0 Å². The number of rotatable bonds is 8. The molecule has 2 heteroatoms. The summed E-state index contributed by atoms with van der Waals surface area (Å²) >= 11 is 0. The zero-order chi connectivity index (χ0) is 13.5. The number of nitrogens with one attached hydrogen (secondary N) is 1. The van der Waals surface area contributed by atoms with Gasteiger partial charge in [-0.3, -0.25) is 0 Å². The van der Waals surface area contributed by atoms with Gasteiger partial charge < -0.3 is 10.2 Å². The van der Waals surface area contributed by atoms with Crippen LogP contribution in [0.3, 0.4) is 0 Å². The van der Waals surface area contributed by atoms with Crippen LogP contribution in [0, 0.1) is 5.41 Å². The fourth-order valence-electron chi connectivity index (χ4n) is 1.99. The van der Waals surface area contributed by atoms with Gasteiger partial charge >= 0.3 is 0 Å². The van der Waals surface area contributed by atoms with Crippen LogP contribution in [0.2, 0.25) is 0 Å². The zero-order valence-electron chi connectivity index (χ0n) is 13.1. The molecule has 0 spiro atoms. The Hall–Kier alpha value is -0.0800. The van der Waals surface area contributed by atoms with Crippen molar-refractivity contribution in [1.29, 1.82) is 0 Å². The van der Waals surface area contributed by atoms with Gasteiger partial charge in [-0.25, -0.2) is 0 Å². The lowest BCUT2D eigenvalue weighted by Gasteiger charge is -2.35. The highest BCUT2D eigenvalue weighted by Gasteiger charge is 2.23. The lowest BCUT2D eigenvalue weighted by Crippen LogP contribution is -2.40. The van der Waals surface area contributed by atoms with Gasteiger partial charge in [0.15, 0.2) is 0 Å². The van der Waals surface area contributed by atoms with E-state index in [1.165, 1.54) is 25.8 Å². The molecule has 2 nitrogen and oxygen atoms in total. The highest BCUT2D eigenvalue weighted by Crippen LogP contribution is 2.23. The average molecular weight is 242 g/mol. The minimum absolute atomic E-state index is 0.376. The molecule has 0 aliphatic rings. The summed E-state index contributed by atoms with van der Waals surface area (Å²) in [6, 6.07) is 1.30. The Kier molecular flexibility index (Phi) is 8.06. The van der Waals surface area contributed by atoms with Gasteiger partial charge in [0.05, 0.1) is 0 Å². The summed E-state index contributed by atoms with van der Waals surface area (Å²) in [7, 11) is 2.25. The quantitative estimate of drug-likeness (QED) is 0.700. The molecule has 0 bridgehead atoms. The SMILES string of the molecule is CCCNC(C)CCCN(C)C(C)C(C)(C)C. The molecular weight excluding hydrogens is 208 g/mol. The molecule has 2 atom stereocenters. The second kappa shape index (κ2) is 8.10. The molecular formula is C15H34N2. The van der Waals surface area contributed by atoms with Crippen LogP contribution in [-0.4, -0.2) is 37.1 Å². The summed E-state index contributed by atoms with van der Waals surface area (Å²) < 4.78 is 0. The van der Waals surface area contributed by atoms with Gasteiger partial charge in [-0.2, -0.15) is 0 Å². The van der Waals surface area contributed by atoms with E-state index in [1.54, 1.807) is 0 Å². The Morgan fingerprint density at radius 2 is 1.76 bits per heavy atom. The normalized spacial score (nSPS) is 16.2. The minimum Gasteiger partial charge on any atom is -0.314 e. The molecule has 2 unspecified atom stereocenters. The number of hydrogen-bond acceptors (Lipinski definition) is 2. The van der Waals surface area contributed by atoms with Gasteiger partial charge in [0.2, 0.25) is 0 Å². The summed E-state index contributed by atoms with van der Waals surface area (Å²) in [5.41, 5.74) is 0.376. The zero-order valence-corrected chi connectivity index (χ0v) is 13.1. The van der Waals surface area contributed by atoms with Crippen LogP contribution in [0.25, 0.3) is 0 Å². The summed E-state index contributed by atoms with van der Waals surface area (Å²) in [6.45, 7) is 16.2. The maximum Gasteiger partial charge on any atom is 0.0112 e. The van der Waals surface area contributed by atoms with Crippen molar-refractivity contribution in [3.63, 3.8) is 0 Å². The van der Waals surface area contributed by atoms with E-state index in [4.69, 9.17) is 0 Å². The molecule has 104 valence electrons. The smallest absolute Gasteiger partial charge is 0.0112 e. The second-order valence-electron chi connectivity index (χ2n) is 6.52. The van der Waals surface area contributed by atoms with Gasteiger partial charge in [0, 0.05) is 12.1 Å². The Morgan fingerprint density at radius 1 is 1.18 bits per heavy atom. The molecule has 0 aliphatic heterocycles. The Balaban J connectivity index is 3.74. The van der Waals surface area contributed by atoms with Crippen molar-refractivity contribution in [2.24, 2.45) is 5.41 Å². The third kappa shape index (κ3) is 7.77. The summed E-state index contributed by atoms with van der Waals surface area (Å²) in [5.74, 6) is 0. The van der Waals surface area contributed by atoms with Gasteiger partial charge in [-0.05, 0) is 58.7 Å². The molecule has 0 radical (unpaired) electrons. The van der Waals surface area contributed by atoms with Crippen LogP contribution >= 0.6 is 0 Å². The Labute approximate surface area is 109 Å². The standard InChI is InChI=1S/C15H34N2/c1-8-11-16-13(2)10-9-12-17(7)14(3)15(4,5)6/h13-14,16H,8-12H2,1-7H3. The second-order valence-corrected chi connectivity index (χ2v) is 6.52. The number of hydrogen-bond donors (Lipinski definition) is 1. The minimum atomic E-state index is 0.376. The lowest BCUT2D eigenvalue weighted by atomic mass is 9.87. The van der Waals surface area contributed by atoms with E-state index < -0.39 is 0 Å². The Morgan fingerprint density at radius 3 is 2.24 bits per heavy atom. The molecule has 0 rings (SSSR count). The largest absolute Gasteiger partial charge is 0.314 e. The molecule has 0 fully saturated rings. The van der Waals surface area contributed by atoms with Gasteiger partial charge in [0.25, 0.3) is 0 Å². The van der Waals surface area contributed by atoms with E-state index in [9.17, 15) is 0 Å². The van der Waals surface area contributed by atoms with E-state index in [2.05, 4.69) is 58.8 Å². The van der Waals surface area contributed by atoms with Gasteiger partial charge in [-0.1, -0.05) is 27.7 Å². The predicted molar refractivity (Wildman–Crippen MR) is 78.5 cm³/mol. The molecule has 0 aliphatic carbocycles. The Bertz CT molecular complexity index is 184. The maximum absolute atomic E-state index is 3.55. The first kappa shape index (κ1) is 16.9. The lowest BCUT2D eigenvalue weighted by molar-refractivity contribution is 0.138. The van der Waals surface area contributed by atoms with E-state index >= 15 is 0 Å². The fourth-order valence-corrected chi connectivity index (χ4v) is 1.99. The molecule has 0 aromatic heterocycles. The first-order chi connectivity index (χ1) is 7.79. The van der Waals surface area contributed by atoms with Crippen LogP contribution < -0.4 is 5.32 Å². The predicted octanol–water partition coefficient (Wildman–Crippen LogP) is 3.52. The van der Waals surface area contributed by atoms with E-state index in [-0.39, 0.29) is 0 Å². The summed E-state index contributed by atoms with van der Waals surface area (Å²) in [6.07, 6.45) is 3.79. The first-order valence-corrected chi connectivity index (χ1v) is 7.22. The van der Waals surface area contributed by atoms with Crippen LogP contribution in [-0.2, 0) is 0 Å². The fraction of sp³-hybridized carbons (Fsp3) is 1.00. The van der Waals surface area contributed by atoms with Crippen molar-refractivity contribution < 1.29 is 0 Å². The summed E-state index contributed by atoms with van der Waals surface area (Å²) in [5, 5.41) is 3.55. The molecule has 0 aromatic carbocycles. The molecule has 0 aromatic rings. The molecule has 0 heterocycles. The first-order valence-electron chi connectivity index (χ1n) is 7.22. The van der Waals surface area contributed by atoms with Gasteiger partial charge in [-0.15, -0.1) is 0 Å². The van der Waals surface area contributed by atoms with Crippen molar-refractivity contribution >= 4 is 0 Å². The van der Waals surface area contributed by atoms with Crippen LogP contribution in [0.1, 0.15) is 60.8 Å².